The van der Waals surface area contributed by atoms with Crippen LogP contribution in [0.25, 0.3) is 0 Å². The first-order valence-electron chi connectivity index (χ1n) is 8.70. The van der Waals surface area contributed by atoms with E-state index in [1.165, 1.54) is 28.7 Å². The Morgan fingerprint density at radius 1 is 0.962 bits per heavy atom. The second-order valence-electron chi connectivity index (χ2n) is 6.55. The topological polar surface area (TPSA) is 40.6 Å². The second-order valence-corrected chi connectivity index (χ2v) is 7.79. The summed E-state index contributed by atoms with van der Waals surface area (Å²) in [5.74, 6) is -0.453. The Morgan fingerprint density at radius 2 is 1.69 bits per heavy atom. The van der Waals surface area contributed by atoms with Gasteiger partial charge in [-0.05, 0) is 36.2 Å². The maximum atomic E-state index is 13.3. The number of hydrogen-bond acceptors (Lipinski definition) is 3. The van der Waals surface area contributed by atoms with Crippen LogP contribution < -0.4 is 0 Å². The Bertz CT molecular complexity index is 824. The lowest BCUT2D eigenvalue weighted by Crippen LogP contribution is -2.52. The molecule has 2 aromatic carbocycles. The smallest absolute Gasteiger partial charge is 0.254 e. The van der Waals surface area contributed by atoms with Gasteiger partial charge in [-0.1, -0.05) is 24.3 Å². The van der Waals surface area contributed by atoms with Gasteiger partial charge in [0.2, 0.25) is 5.91 Å². The van der Waals surface area contributed by atoms with E-state index >= 15 is 0 Å². The molecule has 0 saturated carbocycles. The second kappa shape index (κ2) is 7.11. The molecule has 1 fully saturated rings. The van der Waals surface area contributed by atoms with E-state index in [1.54, 1.807) is 22.7 Å². The normalized spacial score (nSPS) is 19.3. The van der Waals surface area contributed by atoms with E-state index in [-0.39, 0.29) is 17.1 Å². The first kappa shape index (κ1) is 17.1. The number of carbonyl (C=O) groups excluding carboxylic acids is 2. The summed E-state index contributed by atoms with van der Waals surface area (Å²) in [4.78, 5) is 30.0. The summed E-state index contributed by atoms with van der Waals surface area (Å²) in [6.45, 7) is 2.00. The third-order valence-corrected chi connectivity index (χ3v) is 6.18. The lowest BCUT2D eigenvalue weighted by Gasteiger charge is -2.35. The van der Waals surface area contributed by atoms with Crippen molar-refractivity contribution in [2.45, 2.75) is 16.6 Å². The molecular formula is C20H19FN2O2S. The minimum atomic E-state index is -0.414. The molecule has 0 bridgehead atoms. The summed E-state index contributed by atoms with van der Waals surface area (Å²) in [6.07, 6.45) is 0.766. The summed E-state index contributed by atoms with van der Waals surface area (Å²) >= 11 is 1.63. The maximum Gasteiger partial charge on any atom is 0.254 e. The molecule has 2 amide bonds. The van der Waals surface area contributed by atoms with Crippen molar-refractivity contribution < 1.29 is 14.0 Å². The molecule has 0 spiro atoms. The zero-order valence-electron chi connectivity index (χ0n) is 14.2. The van der Waals surface area contributed by atoms with E-state index < -0.39 is 5.82 Å². The highest BCUT2D eigenvalue weighted by molar-refractivity contribution is 8.01. The SMILES string of the molecule is O=C(c1cccc(F)c1)N1CCN(C(=O)C2Cc3ccccc3S2)CC1. The summed E-state index contributed by atoms with van der Waals surface area (Å²) in [6, 6.07) is 13.9. The largest absolute Gasteiger partial charge is 0.338 e. The van der Waals surface area contributed by atoms with Crippen LogP contribution in [-0.2, 0) is 11.2 Å². The molecule has 2 heterocycles. The number of carbonyl (C=O) groups is 2. The van der Waals surface area contributed by atoms with Crippen LogP contribution in [0.2, 0.25) is 0 Å². The average molecular weight is 370 g/mol. The number of benzene rings is 2. The fraction of sp³-hybridized carbons (Fsp3) is 0.300. The zero-order valence-corrected chi connectivity index (χ0v) is 15.0. The van der Waals surface area contributed by atoms with Gasteiger partial charge in [0, 0.05) is 36.6 Å². The van der Waals surface area contributed by atoms with Gasteiger partial charge in [-0.25, -0.2) is 4.39 Å². The molecule has 2 aliphatic rings. The highest BCUT2D eigenvalue weighted by Gasteiger charge is 2.33. The van der Waals surface area contributed by atoms with Gasteiger partial charge in [0.05, 0.1) is 5.25 Å². The number of rotatable bonds is 2. The van der Waals surface area contributed by atoms with Crippen LogP contribution in [0.5, 0.6) is 0 Å². The highest BCUT2D eigenvalue weighted by atomic mass is 32.2. The molecule has 1 saturated heterocycles. The van der Waals surface area contributed by atoms with Crippen LogP contribution in [-0.4, -0.2) is 53.0 Å². The quantitative estimate of drug-likeness (QED) is 0.816. The maximum absolute atomic E-state index is 13.3. The van der Waals surface area contributed by atoms with Gasteiger partial charge >= 0.3 is 0 Å². The Morgan fingerprint density at radius 3 is 2.42 bits per heavy atom. The molecule has 0 radical (unpaired) electrons. The summed E-state index contributed by atoms with van der Waals surface area (Å²) in [5, 5.41) is -0.0714. The molecule has 26 heavy (non-hydrogen) atoms. The fourth-order valence-corrected chi connectivity index (χ4v) is 4.74. The van der Waals surface area contributed by atoms with Crippen molar-refractivity contribution in [1.29, 1.82) is 0 Å². The lowest BCUT2D eigenvalue weighted by atomic mass is 10.1. The third kappa shape index (κ3) is 3.33. The molecule has 1 atom stereocenters. The predicted octanol–water partition coefficient (Wildman–Crippen LogP) is 2.83. The molecule has 6 heteroatoms. The van der Waals surface area contributed by atoms with Gasteiger partial charge in [-0.3, -0.25) is 9.59 Å². The van der Waals surface area contributed by atoms with Gasteiger partial charge in [0.1, 0.15) is 5.82 Å². The summed E-state index contributed by atoms with van der Waals surface area (Å²) in [7, 11) is 0. The van der Waals surface area contributed by atoms with Crippen LogP contribution in [0.1, 0.15) is 15.9 Å². The number of piperazine rings is 1. The Kier molecular flexibility index (Phi) is 4.68. The standard InChI is InChI=1S/C20H19FN2O2S/c21-16-6-3-5-15(12-16)19(24)22-8-10-23(11-9-22)20(25)18-13-14-4-1-2-7-17(14)26-18/h1-7,12,18H,8-11,13H2. The zero-order chi connectivity index (χ0) is 18.1. The Hall–Kier alpha value is -2.34. The van der Waals surface area contributed by atoms with E-state index in [9.17, 15) is 14.0 Å². The molecule has 0 N–H and O–H groups in total. The van der Waals surface area contributed by atoms with Crippen molar-refractivity contribution in [2.24, 2.45) is 0 Å². The van der Waals surface area contributed by atoms with Crippen molar-refractivity contribution in [3.05, 3.63) is 65.5 Å². The summed E-state index contributed by atoms with van der Waals surface area (Å²) in [5.41, 5.74) is 1.59. The molecule has 134 valence electrons. The molecule has 4 nitrogen and oxygen atoms in total. The highest BCUT2D eigenvalue weighted by Crippen LogP contribution is 2.37. The number of thioether (sulfide) groups is 1. The molecule has 1 unspecified atom stereocenters. The van der Waals surface area contributed by atoms with Crippen LogP contribution in [0.15, 0.2) is 53.4 Å². The average Bonchev–Trinajstić information content (AvgIpc) is 3.11. The van der Waals surface area contributed by atoms with Gasteiger partial charge in [-0.15, -0.1) is 11.8 Å². The summed E-state index contributed by atoms with van der Waals surface area (Å²) < 4.78 is 13.3. The van der Waals surface area contributed by atoms with Crippen LogP contribution in [0.4, 0.5) is 4.39 Å². The first-order valence-corrected chi connectivity index (χ1v) is 9.58. The molecule has 0 aromatic heterocycles. The van der Waals surface area contributed by atoms with E-state index in [2.05, 4.69) is 12.1 Å². The number of hydrogen-bond donors (Lipinski definition) is 0. The van der Waals surface area contributed by atoms with E-state index in [0.29, 0.717) is 31.7 Å². The molecule has 0 aliphatic carbocycles. The van der Waals surface area contributed by atoms with Gasteiger partial charge < -0.3 is 9.80 Å². The Labute approximate surface area is 156 Å². The van der Waals surface area contributed by atoms with Crippen molar-refractivity contribution in [1.82, 2.24) is 9.80 Å². The first-order chi connectivity index (χ1) is 12.6. The predicted molar refractivity (Wildman–Crippen MR) is 98.7 cm³/mol. The molecular weight excluding hydrogens is 351 g/mol. The Balaban J connectivity index is 1.35. The molecule has 2 aliphatic heterocycles. The number of amides is 2. The number of halogens is 1. The van der Waals surface area contributed by atoms with Crippen LogP contribution in [0, 0.1) is 5.82 Å². The lowest BCUT2D eigenvalue weighted by molar-refractivity contribution is -0.132. The minimum absolute atomic E-state index is 0.0714. The van der Waals surface area contributed by atoms with Crippen molar-refractivity contribution in [3.8, 4) is 0 Å². The van der Waals surface area contributed by atoms with Gasteiger partial charge in [0.15, 0.2) is 0 Å². The van der Waals surface area contributed by atoms with Crippen molar-refractivity contribution in [3.63, 3.8) is 0 Å². The van der Waals surface area contributed by atoms with E-state index in [1.807, 2.05) is 17.0 Å². The number of fused-ring (bicyclic) bond motifs is 1. The number of nitrogens with zero attached hydrogens (tertiary/aromatic N) is 2. The monoisotopic (exact) mass is 370 g/mol. The molecule has 4 rings (SSSR count). The van der Waals surface area contributed by atoms with E-state index in [0.717, 1.165) is 6.42 Å². The minimum Gasteiger partial charge on any atom is -0.338 e. The van der Waals surface area contributed by atoms with Gasteiger partial charge in [0.25, 0.3) is 5.91 Å². The fourth-order valence-electron chi connectivity index (χ4n) is 3.46. The van der Waals surface area contributed by atoms with Gasteiger partial charge in [-0.2, -0.15) is 0 Å². The molecule has 2 aromatic rings. The third-order valence-electron chi connectivity index (χ3n) is 4.87. The van der Waals surface area contributed by atoms with Crippen LogP contribution in [0.3, 0.4) is 0 Å². The van der Waals surface area contributed by atoms with Crippen molar-refractivity contribution >= 4 is 23.6 Å². The van der Waals surface area contributed by atoms with Crippen LogP contribution >= 0.6 is 11.8 Å². The van der Waals surface area contributed by atoms with E-state index in [4.69, 9.17) is 0 Å². The van der Waals surface area contributed by atoms with Crippen molar-refractivity contribution in [2.75, 3.05) is 26.2 Å².